The van der Waals surface area contributed by atoms with Crippen molar-refractivity contribution in [3.63, 3.8) is 0 Å². The van der Waals surface area contributed by atoms with Crippen LogP contribution in [0.25, 0.3) is 11.2 Å². The first kappa shape index (κ1) is 56.1. The van der Waals surface area contributed by atoms with Crippen molar-refractivity contribution in [1.29, 1.82) is 0 Å². The van der Waals surface area contributed by atoms with Crippen LogP contribution in [0.2, 0.25) is 0 Å². The van der Waals surface area contributed by atoms with Crippen molar-refractivity contribution < 1.29 is 263 Å². The zero-order chi connectivity index (χ0) is 27.7. The third kappa shape index (κ3) is 18.7. The Hall–Kier alpha value is 4.75. The molecule has 22 nitrogen and oxygen atoms in total. The summed E-state index contributed by atoms with van der Waals surface area (Å²) in [6.45, 7) is -0.415. The number of fused-ring (bicyclic) bond motifs is 1. The minimum absolute atomic E-state index is 0. The topological polar surface area (TPSA) is 368 Å². The molecule has 0 saturated carbocycles. The molecule has 1 saturated heterocycles. The second-order valence-corrected chi connectivity index (χ2v) is 11.8. The van der Waals surface area contributed by atoms with Gasteiger partial charge in [-0.2, -0.15) is 4.98 Å². The van der Waals surface area contributed by atoms with Crippen LogP contribution in [-0.2, 0) is 35.9 Å². The standard InChI is InChI=1S/C10H12N4O5.6Na.H6O13P4/c15-1-4-6(16)7(17)10(19-4)14-3-13-5-8(14)11-2-12-9(5)18;;;;;;;1-14(2,3)11-16(7,8)13-17(9,10)12-15(4,5)6/h2-4,6-7,10,15-17H,1H2,(H,11,12,18);;;;;;;(H,7,8)(H,9,10)(H2,1,2,3)(H2,4,5,6)/q;6*+1;/p-6/t4-,6-,7-,10-;;;;;;;/m1......./s1. The summed E-state index contributed by atoms with van der Waals surface area (Å²) in [6, 6.07) is 0. The van der Waals surface area contributed by atoms with Gasteiger partial charge >= 0.3 is 177 Å². The summed E-state index contributed by atoms with van der Waals surface area (Å²) in [5, 5.41) is 38.2. The van der Waals surface area contributed by atoms with Crippen LogP contribution >= 0.6 is 31.3 Å². The zero-order valence-corrected chi connectivity index (χ0v) is 38.3. The van der Waals surface area contributed by atoms with E-state index in [4.69, 9.17) is 9.84 Å². The number of nitrogens with zero attached hydrogens (tertiary/aromatic N) is 4. The summed E-state index contributed by atoms with van der Waals surface area (Å²) in [4.78, 5) is 71.5. The number of aliphatic hydroxyl groups excluding tert-OH is 3. The van der Waals surface area contributed by atoms with Gasteiger partial charge in [0.2, 0.25) is 5.88 Å². The van der Waals surface area contributed by atoms with Crippen LogP contribution < -0.4 is 207 Å². The Bertz CT molecular complexity index is 1240. The average molecular weight is 738 g/mol. The van der Waals surface area contributed by atoms with Crippen molar-refractivity contribution in [3.8, 4) is 5.88 Å². The van der Waals surface area contributed by atoms with Crippen molar-refractivity contribution >= 4 is 42.5 Å². The third-order valence-corrected chi connectivity index (χ3v) is 8.53. The molecule has 2 aromatic heterocycles. The van der Waals surface area contributed by atoms with Crippen molar-refractivity contribution in [1.82, 2.24) is 19.5 Å². The maximum atomic E-state index is 10.4. The molecule has 1 aliphatic rings. The van der Waals surface area contributed by atoms with Crippen LogP contribution in [0.15, 0.2) is 12.7 Å². The molecule has 3 heterocycles. The number of imidazole rings is 1. The second kappa shape index (κ2) is 23.3. The Morgan fingerprint density at radius 1 is 0.786 bits per heavy atom. The molecule has 6 atom stereocenters. The fourth-order valence-electron chi connectivity index (χ4n) is 2.53. The monoisotopic (exact) mass is 738 g/mol. The van der Waals surface area contributed by atoms with Crippen molar-refractivity contribution in [2.75, 3.05) is 6.61 Å². The molecular formula is C10H12N4Na6O18P4. The van der Waals surface area contributed by atoms with Gasteiger partial charge in [-0.15, -0.1) is 0 Å². The number of rotatable bonds is 8. The summed E-state index contributed by atoms with van der Waals surface area (Å²) in [5.74, 6) is -0.282. The van der Waals surface area contributed by atoms with Crippen LogP contribution in [0, 0.1) is 0 Å². The van der Waals surface area contributed by atoms with Crippen LogP contribution in [0.4, 0.5) is 0 Å². The molecule has 0 amide bonds. The summed E-state index contributed by atoms with van der Waals surface area (Å²) >= 11 is 0. The van der Waals surface area contributed by atoms with E-state index < -0.39 is 62.4 Å². The SMILES string of the molecule is O=P([O-])([O-])OP(=O)([O-])OP(=O)([O-])OP(=O)([O-])[O-].OC[C@H]1O[C@@H](n2cnc3c(O)ncnc32)[C@H](O)[C@@H]1O.[Na+].[Na+].[Na+].[Na+].[Na+].[Na+]. The molecule has 0 bridgehead atoms. The van der Waals surface area contributed by atoms with E-state index in [1.165, 1.54) is 10.9 Å². The fraction of sp³-hybridized carbons (Fsp3) is 0.500. The van der Waals surface area contributed by atoms with Gasteiger partial charge < -0.3 is 63.7 Å². The van der Waals surface area contributed by atoms with Gasteiger partial charge in [0, 0.05) is 0 Å². The van der Waals surface area contributed by atoms with Gasteiger partial charge in [-0.05, 0) is 0 Å². The third-order valence-electron chi connectivity index (χ3n) is 3.73. The number of aromatic hydroxyl groups is 1. The molecule has 0 spiro atoms. The van der Waals surface area contributed by atoms with E-state index in [2.05, 4.69) is 27.9 Å². The molecule has 4 N–H and O–H groups in total. The summed E-state index contributed by atoms with van der Waals surface area (Å²) < 4.78 is 55.3. The van der Waals surface area contributed by atoms with Gasteiger partial charge in [-0.3, -0.25) is 22.3 Å². The summed E-state index contributed by atoms with van der Waals surface area (Å²) in [7, 11) is -24.9. The molecule has 1 fully saturated rings. The Balaban J connectivity index is -0.000000192. The van der Waals surface area contributed by atoms with Crippen molar-refractivity contribution in [2.24, 2.45) is 0 Å². The van der Waals surface area contributed by atoms with Crippen LogP contribution in [-0.4, -0.2) is 64.9 Å². The van der Waals surface area contributed by atoms with Gasteiger partial charge in [-0.25, -0.2) is 14.3 Å². The molecule has 32 heteroatoms. The van der Waals surface area contributed by atoms with Gasteiger partial charge in [0.1, 0.15) is 24.6 Å². The minimum atomic E-state index is -6.26. The molecule has 1 aliphatic heterocycles. The van der Waals surface area contributed by atoms with Gasteiger partial charge in [0.05, 0.1) is 28.6 Å². The number of hydrogen-bond acceptors (Lipinski definition) is 21. The Labute approximate surface area is 368 Å². The first-order valence-electron chi connectivity index (χ1n) is 8.54. The Kier molecular flexibility index (Phi) is 31.1. The number of aromatic nitrogens is 4. The van der Waals surface area contributed by atoms with E-state index in [0.717, 1.165) is 6.33 Å². The zero-order valence-electron chi connectivity index (χ0n) is 22.8. The number of ether oxygens (including phenoxy) is 1. The second-order valence-electron chi connectivity index (χ2n) is 6.28. The van der Waals surface area contributed by atoms with E-state index in [0.29, 0.717) is 0 Å². The number of phosphoric acid groups is 4. The predicted octanol–water partition coefficient (Wildman–Crippen LogP) is -24.2. The average Bonchev–Trinajstić information content (AvgIpc) is 3.20. The van der Waals surface area contributed by atoms with Crippen LogP contribution in [0.5, 0.6) is 5.88 Å². The first-order chi connectivity index (χ1) is 16.3. The minimum Gasteiger partial charge on any atom is -0.790 e. The van der Waals surface area contributed by atoms with Crippen LogP contribution in [0.1, 0.15) is 6.23 Å². The van der Waals surface area contributed by atoms with Crippen molar-refractivity contribution in [3.05, 3.63) is 12.7 Å². The largest absolute Gasteiger partial charge is 1.00 e. The predicted molar refractivity (Wildman–Crippen MR) is 93.7 cm³/mol. The molecule has 0 aromatic carbocycles. The van der Waals surface area contributed by atoms with E-state index in [1.807, 2.05) is 0 Å². The van der Waals surface area contributed by atoms with Gasteiger partial charge in [0.15, 0.2) is 17.4 Å². The molecule has 0 radical (unpaired) electrons. The normalized spacial score (nSPS) is 22.4. The Morgan fingerprint density at radius 2 is 1.24 bits per heavy atom. The molecular weight excluding hydrogens is 726 g/mol. The fourth-order valence-corrected chi connectivity index (χ4v) is 6.25. The summed E-state index contributed by atoms with van der Waals surface area (Å²) in [6.07, 6.45) is -1.79. The molecule has 3 rings (SSSR count). The van der Waals surface area contributed by atoms with E-state index in [1.54, 1.807) is 0 Å². The van der Waals surface area contributed by atoms with E-state index >= 15 is 0 Å². The van der Waals surface area contributed by atoms with Crippen molar-refractivity contribution in [2.45, 2.75) is 24.5 Å². The van der Waals surface area contributed by atoms with E-state index in [-0.39, 0.29) is 194 Å². The molecule has 206 valence electrons. The summed E-state index contributed by atoms with van der Waals surface area (Å²) in [5.41, 5.74) is 0.433. The molecule has 42 heavy (non-hydrogen) atoms. The molecule has 0 aliphatic carbocycles. The smallest absolute Gasteiger partial charge is 0.790 e. The number of hydrogen-bond donors (Lipinski definition) is 4. The van der Waals surface area contributed by atoms with Gasteiger partial charge in [-0.1, -0.05) is 0 Å². The molecule has 2 aromatic rings. The Morgan fingerprint density at radius 3 is 1.62 bits per heavy atom. The molecule has 2 unspecified atom stereocenters. The number of aliphatic hydroxyl groups is 3. The van der Waals surface area contributed by atoms with Gasteiger partial charge in [0.25, 0.3) is 15.6 Å². The maximum Gasteiger partial charge on any atom is 1.00 e. The van der Waals surface area contributed by atoms with Crippen LogP contribution in [0.3, 0.4) is 0 Å². The maximum absolute atomic E-state index is 10.4. The quantitative estimate of drug-likeness (QED) is 0.144. The van der Waals surface area contributed by atoms with E-state index in [9.17, 15) is 62.9 Å². The first-order valence-corrected chi connectivity index (χ1v) is 14.4.